The molecule has 3 rings (SSSR count). The average Bonchev–Trinajstić information content (AvgIpc) is 3.24. The predicted octanol–water partition coefficient (Wildman–Crippen LogP) is 1.68. The third-order valence-corrected chi connectivity index (χ3v) is 3.76. The lowest BCUT2D eigenvalue weighted by atomic mass is 10.1. The van der Waals surface area contributed by atoms with E-state index in [1.165, 1.54) is 16.8 Å². The summed E-state index contributed by atoms with van der Waals surface area (Å²) in [5, 5.41) is 34.4. The lowest BCUT2D eigenvalue weighted by Gasteiger charge is -2.00. The molecule has 0 aliphatic rings. The monoisotopic (exact) mass is 369 g/mol. The third-order valence-electron chi connectivity index (χ3n) is 3.76. The number of rotatable bonds is 5. The maximum Gasteiger partial charge on any atom is 0.270 e. The molecule has 0 unspecified atom stereocenters. The molecule has 0 saturated carbocycles. The van der Waals surface area contributed by atoms with Crippen LogP contribution in [0.3, 0.4) is 0 Å². The smallest absolute Gasteiger partial charge is 0.270 e. The van der Waals surface area contributed by atoms with Gasteiger partial charge in [-0.25, -0.2) is 4.63 Å². The number of benzene rings is 1. The molecule has 0 atom stereocenters. The Morgan fingerprint density at radius 2 is 2.00 bits per heavy atom. The van der Waals surface area contributed by atoms with E-state index >= 15 is 0 Å². The molecule has 12 nitrogen and oxygen atoms in total. The molecule has 2 N–H and O–H groups in total. The molecule has 1 aromatic carbocycles. The van der Waals surface area contributed by atoms with E-state index in [0.717, 1.165) is 0 Å². The fourth-order valence-corrected chi connectivity index (χ4v) is 2.30. The summed E-state index contributed by atoms with van der Waals surface area (Å²) in [6, 6.07) is 6.16. The van der Waals surface area contributed by atoms with E-state index in [0.29, 0.717) is 28.4 Å². The lowest BCUT2D eigenvalue weighted by molar-refractivity contribution is -0.384. The molecule has 0 fully saturated rings. The van der Waals surface area contributed by atoms with Crippen LogP contribution in [0.15, 0.2) is 39.1 Å². The topological polar surface area (TPSA) is 164 Å². The molecule has 0 saturated heterocycles. The van der Waals surface area contributed by atoms with Gasteiger partial charge >= 0.3 is 0 Å². The van der Waals surface area contributed by atoms with Crippen LogP contribution in [-0.4, -0.2) is 41.7 Å². The normalized spacial score (nSPS) is 12.4. The molecule has 0 radical (unpaired) electrons. The van der Waals surface area contributed by atoms with E-state index in [-0.39, 0.29) is 17.3 Å². The van der Waals surface area contributed by atoms with E-state index in [4.69, 9.17) is 5.73 Å². The van der Waals surface area contributed by atoms with Crippen LogP contribution in [0.2, 0.25) is 0 Å². The van der Waals surface area contributed by atoms with Crippen molar-refractivity contribution in [2.45, 2.75) is 20.8 Å². The number of anilines is 1. The first-order valence-corrected chi connectivity index (χ1v) is 7.73. The number of non-ortho nitro benzene ring substituents is 1. The number of nitro benzene ring substituents is 1. The first-order chi connectivity index (χ1) is 12.9. The van der Waals surface area contributed by atoms with Crippen molar-refractivity contribution in [2.75, 3.05) is 5.73 Å². The Bertz CT molecular complexity index is 1060. The van der Waals surface area contributed by atoms with Crippen molar-refractivity contribution in [3.8, 4) is 5.82 Å². The van der Waals surface area contributed by atoms with Crippen molar-refractivity contribution in [1.29, 1.82) is 0 Å². The van der Waals surface area contributed by atoms with E-state index in [1.807, 2.05) is 0 Å². The quantitative estimate of drug-likeness (QED) is 0.403. The standard InChI is InChI=1S/C15H15N9O3/c1-8(11-5-4-6-12(7-11)24(25)26)17-18-9(2)13-10(3)23(22-19-13)15-14(16)20-27-21-15/h4-7H,1-3H3,(H2,16,20). The minimum atomic E-state index is -0.461. The van der Waals surface area contributed by atoms with Crippen molar-refractivity contribution in [3.63, 3.8) is 0 Å². The fourth-order valence-electron chi connectivity index (χ4n) is 2.30. The molecular formula is C15H15N9O3. The fraction of sp³-hybridized carbons (Fsp3) is 0.200. The Kier molecular flexibility index (Phi) is 4.70. The molecule has 0 aliphatic carbocycles. The van der Waals surface area contributed by atoms with Crippen LogP contribution >= 0.6 is 0 Å². The summed E-state index contributed by atoms with van der Waals surface area (Å²) in [4.78, 5) is 10.4. The molecule has 0 amide bonds. The van der Waals surface area contributed by atoms with Crippen molar-refractivity contribution >= 4 is 22.9 Å². The number of nitrogen functional groups attached to an aromatic ring is 1. The highest BCUT2D eigenvalue weighted by molar-refractivity contribution is 6.01. The molecule has 0 aliphatic heterocycles. The van der Waals surface area contributed by atoms with Crippen molar-refractivity contribution < 1.29 is 9.55 Å². The second-order valence-electron chi connectivity index (χ2n) is 5.59. The molecule has 27 heavy (non-hydrogen) atoms. The van der Waals surface area contributed by atoms with Crippen LogP contribution in [-0.2, 0) is 0 Å². The Hall–Kier alpha value is -3.96. The van der Waals surface area contributed by atoms with Gasteiger partial charge in [-0.2, -0.15) is 14.9 Å². The van der Waals surface area contributed by atoms with Gasteiger partial charge in [0.05, 0.1) is 22.0 Å². The summed E-state index contributed by atoms with van der Waals surface area (Å²) in [5.74, 6) is 0.319. The lowest BCUT2D eigenvalue weighted by Crippen LogP contribution is -2.05. The summed E-state index contributed by atoms with van der Waals surface area (Å²) in [7, 11) is 0. The highest BCUT2D eigenvalue weighted by atomic mass is 16.6. The van der Waals surface area contributed by atoms with Gasteiger partial charge in [-0.3, -0.25) is 10.1 Å². The highest BCUT2D eigenvalue weighted by Gasteiger charge is 2.18. The molecule has 3 aromatic rings. The number of hydrogen-bond donors (Lipinski definition) is 1. The minimum absolute atomic E-state index is 0.0136. The molecule has 12 heteroatoms. The van der Waals surface area contributed by atoms with Gasteiger partial charge in [0.2, 0.25) is 11.6 Å². The van der Waals surface area contributed by atoms with E-state index in [1.54, 1.807) is 32.9 Å². The summed E-state index contributed by atoms with van der Waals surface area (Å²) in [6.45, 7) is 5.19. The number of nitro groups is 1. The SMILES string of the molecule is CC(=NN=C(C)c1nnn(-c2nonc2N)c1C)c1cccc([N+](=O)[O-])c1. The highest BCUT2D eigenvalue weighted by Crippen LogP contribution is 2.16. The maximum absolute atomic E-state index is 10.9. The molecule has 2 heterocycles. The zero-order valence-corrected chi connectivity index (χ0v) is 14.7. The van der Waals surface area contributed by atoms with Gasteiger partial charge in [-0.15, -0.1) is 5.10 Å². The summed E-state index contributed by atoms with van der Waals surface area (Å²) in [5.41, 5.74) is 8.39. The largest absolute Gasteiger partial charge is 0.378 e. The van der Waals surface area contributed by atoms with Crippen LogP contribution in [0, 0.1) is 17.0 Å². The van der Waals surface area contributed by atoms with Gasteiger partial charge in [0.1, 0.15) is 5.69 Å². The number of hydrogen-bond acceptors (Lipinski definition) is 10. The molecule has 138 valence electrons. The zero-order valence-electron chi connectivity index (χ0n) is 14.7. The van der Waals surface area contributed by atoms with Gasteiger partial charge in [0.25, 0.3) is 5.69 Å². The third kappa shape index (κ3) is 3.53. The first-order valence-electron chi connectivity index (χ1n) is 7.73. The second kappa shape index (κ2) is 7.11. The zero-order chi connectivity index (χ0) is 19.6. The molecule has 2 aromatic heterocycles. The number of aromatic nitrogens is 5. The van der Waals surface area contributed by atoms with E-state index in [9.17, 15) is 10.1 Å². The van der Waals surface area contributed by atoms with Crippen LogP contribution < -0.4 is 5.73 Å². The van der Waals surface area contributed by atoms with Gasteiger partial charge in [0.15, 0.2) is 0 Å². The second-order valence-corrected chi connectivity index (χ2v) is 5.59. The van der Waals surface area contributed by atoms with E-state index in [2.05, 4.69) is 35.5 Å². The first kappa shape index (κ1) is 17.8. The van der Waals surface area contributed by atoms with Gasteiger partial charge < -0.3 is 5.73 Å². The predicted molar refractivity (Wildman–Crippen MR) is 95.9 cm³/mol. The van der Waals surface area contributed by atoms with Crippen molar-refractivity contribution in [2.24, 2.45) is 10.2 Å². The van der Waals surface area contributed by atoms with Gasteiger partial charge in [-0.05, 0) is 31.1 Å². The van der Waals surface area contributed by atoms with Crippen molar-refractivity contribution in [1.82, 2.24) is 25.3 Å². The Morgan fingerprint density at radius 3 is 2.67 bits per heavy atom. The Morgan fingerprint density at radius 1 is 1.26 bits per heavy atom. The van der Waals surface area contributed by atoms with Gasteiger partial charge in [0, 0.05) is 17.7 Å². The van der Waals surface area contributed by atoms with Crippen LogP contribution in [0.25, 0.3) is 5.82 Å². The number of nitrogens with zero attached hydrogens (tertiary/aromatic N) is 8. The van der Waals surface area contributed by atoms with Crippen LogP contribution in [0.1, 0.15) is 30.8 Å². The van der Waals surface area contributed by atoms with Crippen molar-refractivity contribution in [3.05, 3.63) is 51.3 Å². The summed E-state index contributed by atoms with van der Waals surface area (Å²) < 4.78 is 5.95. The Balaban J connectivity index is 1.89. The molecule has 0 spiro atoms. The Labute approximate surface area is 152 Å². The summed E-state index contributed by atoms with van der Waals surface area (Å²) >= 11 is 0. The van der Waals surface area contributed by atoms with Gasteiger partial charge in [-0.1, -0.05) is 17.3 Å². The number of nitrogens with two attached hydrogens (primary N) is 1. The summed E-state index contributed by atoms with van der Waals surface area (Å²) in [6.07, 6.45) is 0. The van der Waals surface area contributed by atoms with E-state index < -0.39 is 4.92 Å². The molecular weight excluding hydrogens is 354 g/mol. The van der Waals surface area contributed by atoms with Crippen LogP contribution in [0.5, 0.6) is 0 Å². The average molecular weight is 369 g/mol. The minimum Gasteiger partial charge on any atom is -0.378 e. The molecule has 0 bridgehead atoms. The maximum atomic E-state index is 10.9. The van der Waals surface area contributed by atoms with Crippen LogP contribution in [0.4, 0.5) is 11.5 Å².